The predicted octanol–water partition coefficient (Wildman–Crippen LogP) is 1.31. The highest BCUT2D eigenvalue weighted by molar-refractivity contribution is 7.53. The molecule has 0 heterocycles. The van der Waals surface area contributed by atoms with Gasteiger partial charge in [-0.1, -0.05) is 19.8 Å². The highest BCUT2D eigenvalue weighted by atomic mass is 31.2. The molecule has 0 saturated carbocycles. The molecule has 0 amide bonds. The molecule has 0 aromatic rings. The molecular weight excluding hydrogens is 179 g/mol. The topological polar surface area (TPSA) is 74.6 Å². The summed E-state index contributed by atoms with van der Waals surface area (Å²) in [5, 5.41) is 0. The lowest BCUT2D eigenvalue weighted by Crippen LogP contribution is -2.17. The summed E-state index contributed by atoms with van der Waals surface area (Å²) in [6, 6.07) is 0. The molecule has 0 aliphatic heterocycles. The molecule has 72 valence electrons. The van der Waals surface area contributed by atoms with Gasteiger partial charge in [0.1, 0.15) is 11.4 Å². The van der Waals surface area contributed by atoms with Gasteiger partial charge in [-0.05, 0) is 13.3 Å². The van der Waals surface area contributed by atoms with Crippen LogP contribution in [0.1, 0.15) is 33.1 Å². The molecular formula is C7H15O4P. The molecule has 0 bridgehead atoms. The van der Waals surface area contributed by atoms with E-state index >= 15 is 0 Å². The fourth-order valence-corrected chi connectivity index (χ4v) is 2.00. The molecule has 1 atom stereocenters. The minimum absolute atomic E-state index is 0.288. The van der Waals surface area contributed by atoms with E-state index in [0.717, 1.165) is 6.42 Å². The van der Waals surface area contributed by atoms with Crippen molar-refractivity contribution < 1.29 is 19.1 Å². The van der Waals surface area contributed by atoms with Crippen LogP contribution in [0.15, 0.2) is 0 Å². The Bertz CT molecular complexity index is 196. The molecule has 1 unspecified atom stereocenters. The van der Waals surface area contributed by atoms with Crippen LogP contribution < -0.4 is 0 Å². The van der Waals surface area contributed by atoms with Gasteiger partial charge < -0.3 is 9.79 Å². The van der Waals surface area contributed by atoms with Crippen LogP contribution in [-0.2, 0) is 9.36 Å². The van der Waals surface area contributed by atoms with Crippen LogP contribution in [0.25, 0.3) is 0 Å². The maximum atomic E-state index is 10.8. The van der Waals surface area contributed by atoms with E-state index in [1.54, 1.807) is 0 Å². The largest absolute Gasteiger partial charge is 0.335 e. The van der Waals surface area contributed by atoms with Gasteiger partial charge in [0.15, 0.2) is 0 Å². The summed E-state index contributed by atoms with van der Waals surface area (Å²) >= 11 is 0. The Morgan fingerprint density at radius 2 is 2.00 bits per heavy atom. The fraction of sp³-hybridized carbons (Fsp3) is 0.857. The van der Waals surface area contributed by atoms with Gasteiger partial charge in [-0.3, -0.25) is 9.36 Å². The van der Waals surface area contributed by atoms with E-state index in [1.807, 2.05) is 6.92 Å². The van der Waals surface area contributed by atoms with Crippen LogP contribution in [0.4, 0.5) is 0 Å². The van der Waals surface area contributed by atoms with E-state index in [9.17, 15) is 9.36 Å². The van der Waals surface area contributed by atoms with Gasteiger partial charge in [0.2, 0.25) is 0 Å². The fourth-order valence-electron chi connectivity index (χ4n) is 1.01. The Morgan fingerprint density at radius 1 is 1.50 bits per heavy atom. The van der Waals surface area contributed by atoms with E-state index in [0.29, 0.717) is 6.42 Å². The van der Waals surface area contributed by atoms with Crippen molar-refractivity contribution in [3.05, 3.63) is 0 Å². The number of Topliss-reactive ketones (excluding diaryl/α,β-unsaturated/α-hetero) is 1. The van der Waals surface area contributed by atoms with Crippen LogP contribution in [0.5, 0.6) is 0 Å². The number of rotatable bonds is 5. The molecule has 5 heteroatoms. The summed E-state index contributed by atoms with van der Waals surface area (Å²) in [5.41, 5.74) is -1.09. The van der Waals surface area contributed by atoms with E-state index < -0.39 is 19.0 Å². The molecule has 12 heavy (non-hydrogen) atoms. The first-order chi connectivity index (χ1) is 5.39. The molecule has 0 radical (unpaired) electrons. The second-order valence-electron chi connectivity index (χ2n) is 2.86. The molecule has 0 fully saturated rings. The van der Waals surface area contributed by atoms with Crippen molar-refractivity contribution in [2.24, 2.45) is 0 Å². The van der Waals surface area contributed by atoms with Crippen molar-refractivity contribution in [2.75, 3.05) is 0 Å². The van der Waals surface area contributed by atoms with Crippen LogP contribution in [0.3, 0.4) is 0 Å². The zero-order chi connectivity index (χ0) is 9.78. The number of carbonyl (C=O) groups excluding carboxylic acids is 1. The lowest BCUT2D eigenvalue weighted by Gasteiger charge is -2.14. The third-order valence-corrected chi connectivity index (χ3v) is 3.14. The zero-order valence-electron chi connectivity index (χ0n) is 7.36. The average Bonchev–Trinajstić information content (AvgIpc) is 1.84. The van der Waals surface area contributed by atoms with E-state index in [1.165, 1.54) is 6.92 Å². The second-order valence-corrected chi connectivity index (χ2v) is 4.66. The molecule has 0 aromatic heterocycles. The maximum Gasteiger partial charge on any atom is 0.335 e. The van der Waals surface area contributed by atoms with Gasteiger partial charge in [-0.15, -0.1) is 0 Å². The standard InChI is InChI=1S/C7H15O4P/c1-3-4-5-7(6(2)8)12(9,10)11/h7H,3-5H2,1-2H3,(H2,9,10,11). The highest BCUT2D eigenvalue weighted by Gasteiger charge is 2.31. The van der Waals surface area contributed by atoms with Crippen LogP contribution >= 0.6 is 7.60 Å². The number of hydrogen-bond donors (Lipinski definition) is 2. The smallest absolute Gasteiger partial charge is 0.324 e. The first kappa shape index (κ1) is 11.8. The molecule has 4 nitrogen and oxygen atoms in total. The summed E-state index contributed by atoms with van der Waals surface area (Å²) in [4.78, 5) is 28.3. The van der Waals surface area contributed by atoms with Gasteiger partial charge in [0.25, 0.3) is 0 Å². The van der Waals surface area contributed by atoms with Crippen LogP contribution in [0.2, 0.25) is 0 Å². The quantitative estimate of drug-likeness (QED) is 0.647. The minimum atomic E-state index is -4.21. The third-order valence-electron chi connectivity index (χ3n) is 1.71. The Labute approximate surface area is 72.1 Å². The molecule has 2 N–H and O–H groups in total. The Balaban J connectivity index is 4.25. The van der Waals surface area contributed by atoms with Gasteiger partial charge in [0, 0.05) is 0 Å². The summed E-state index contributed by atoms with van der Waals surface area (Å²) in [6.45, 7) is 3.14. The van der Waals surface area contributed by atoms with E-state index in [2.05, 4.69) is 0 Å². The van der Waals surface area contributed by atoms with Gasteiger partial charge in [-0.25, -0.2) is 0 Å². The Hall–Kier alpha value is -0.180. The van der Waals surface area contributed by atoms with Gasteiger partial charge in [-0.2, -0.15) is 0 Å². The predicted molar refractivity (Wildman–Crippen MR) is 46.0 cm³/mol. The highest BCUT2D eigenvalue weighted by Crippen LogP contribution is 2.43. The van der Waals surface area contributed by atoms with Gasteiger partial charge >= 0.3 is 7.60 Å². The van der Waals surface area contributed by atoms with Crippen molar-refractivity contribution in [3.8, 4) is 0 Å². The third kappa shape index (κ3) is 4.00. The SMILES string of the molecule is CCCCC(C(C)=O)P(=O)(O)O. The summed E-state index contributed by atoms with van der Waals surface area (Å²) in [7, 11) is -4.21. The average molecular weight is 194 g/mol. The van der Waals surface area contributed by atoms with Gasteiger partial charge in [0.05, 0.1) is 0 Å². The monoisotopic (exact) mass is 194 g/mol. The lowest BCUT2D eigenvalue weighted by atomic mass is 10.1. The Kier molecular flexibility index (Phi) is 4.68. The molecule has 0 aliphatic rings. The number of hydrogen-bond acceptors (Lipinski definition) is 2. The van der Waals surface area contributed by atoms with Crippen molar-refractivity contribution in [3.63, 3.8) is 0 Å². The van der Waals surface area contributed by atoms with Crippen LogP contribution in [-0.4, -0.2) is 21.2 Å². The van der Waals surface area contributed by atoms with Crippen LogP contribution in [0, 0.1) is 0 Å². The molecule has 0 saturated heterocycles. The second kappa shape index (κ2) is 4.75. The zero-order valence-corrected chi connectivity index (χ0v) is 8.25. The summed E-state index contributed by atoms with van der Waals surface area (Å²) in [5.74, 6) is -0.420. The summed E-state index contributed by atoms with van der Waals surface area (Å²) < 4.78 is 10.8. The minimum Gasteiger partial charge on any atom is -0.324 e. The maximum absolute atomic E-state index is 10.8. The Morgan fingerprint density at radius 3 is 2.25 bits per heavy atom. The molecule has 0 spiro atoms. The molecule has 0 aromatic carbocycles. The van der Waals surface area contributed by atoms with Crippen molar-refractivity contribution in [1.82, 2.24) is 0 Å². The van der Waals surface area contributed by atoms with E-state index in [4.69, 9.17) is 9.79 Å². The van der Waals surface area contributed by atoms with E-state index in [-0.39, 0.29) is 6.42 Å². The number of carbonyl (C=O) groups is 1. The number of unbranched alkanes of at least 4 members (excludes halogenated alkanes) is 1. The summed E-state index contributed by atoms with van der Waals surface area (Å²) in [6.07, 6.45) is 1.80. The molecule has 0 rings (SSSR count). The normalized spacial score (nSPS) is 14.3. The van der Waals surface area contributed by atoms with Crippen molar-refractivity contribution in [2.45, 2.75) is 38.8 Å². The first-order valence-corrected chi connectivity index (χ1v) is 5.63. The van der Waals surface area contributed by atoms with Crippen molar-refractivity contribution >= 4 is 13.4 Å². The first-order valence-electron chi connectivity index (χ1n) is 3.95. The lowest BCUT2D eigenvalue weighted by molar-refractivity contribution is -0.117. The van der Waals surface area contributed by atoms with Crippen molar-refractivity contribution in [1.29, 1.82) is 0 Å². The number of ketones is 1. The molecule has 0 aliphatic carbocycles.